The number of halogens is 1. The van der Waals surface area contributed by atoms with Crippen molar-refractivity contribution >= 4 is 0 Å². The third-order valence-electron chi connectivity index (χ3n) is 2.66. The van der Waals surface area contributed by atoms with E-state index < -0.39 is 5.82 Å². The highest BCUT2D eigenvalue weighted by Gasteiger charge is 2.14. The summed E-state index contributed by atoms with van der Waals surface area (Å²) in [6.07, 6.45) is 0. The van der Waals surface area contributed by atoms with Crippen LogP contribution >= 0.6 is 0 Å². The van der Waals surface area contributed by atoms with Crippen molar-refractivity contribution in [3.8, 4) is 29.1 Å². The van der Waals surface area contributed by atoms with Crippen LogP contribution in [0.4, 0.5) is 4.39 Å². The van der Waals surface area contributed by atoms with Crippen LogP contribution in [0.2, 0.25) is 0 Å². The number of benzene rings is 2. The average Bonchev–Trinajstić information content (AvgIpc) is 2.49. The summed E-state index contributed by atoms with van der Waals surface area (Å²) in [6.45, 7) is 0. The number of nitriles is 1. The van der Waals surface area contributed by atoms with Gasteiger partial charge in [0.25, 0.3) is 0 Å². The fraction of sp³-hybridized carbons (Fsp3) is 0.133. The van der Waals surface area contributed by atoms with Crippen LogP contribution in [-0.2, 0) is 0 Å². The van der Waals surface area contributed by atoms with Gasteiger partial charge in [-0.3, -0.25) is 0 Å². The molecule has 0 aliphatic heterocycles. The first kappa shape index (κ1) is 13.7. The van der Waals surface area contributed by atoms with Crippen molar-refractivity contribution in [3.05, 3.63) is 47.8 Å². The maximum absolute atomic E-state index is 13.1. The molecule has 2 aromatic rings. The van der Waals surface area contributed by atoms with Crippen LogP contribution in [0, 0.1) is 17.1 Å². The molecule has 0 aliphatic carbocycles. The van der Waals surface area contributed by atoms with Crippen LogP contribution in [0.3, 0.4) is 0 Å². The Hall–Kier alpha value is -2.74. The fourth-order valence-corrected chi connectivity index (χ4v) is 1.71. The molecule has 0 aliphatic rings. The monoisotopic (exact) mass is 273 g/mol. The molecule has 0 amide bonds. The van der Waals surface area contributed by atoms with Crippen molar-refractivity contribution in [2.45, 2.75) is 0 Å². The van der Waals surface area contributed by atoms with Crippen molar-refractivity contribution in [1.29, 1.82) is 5.26 Å². The number of ether oxygens (including phenoxy) is 3. The summed E-state index contributed by atoms with van der Waals surface area (Å²) in [4.78, 5) is 0. The first-order chi connectivity index (χ1) is 9.69. The zero-order valence-corrected chi connectivity index (χ0v) is 11.0. The van der Waals surface area contributed by atoms with E-state index in [1.54, 1.807) is 18.2 Å². The first-order valence-corrected chi connectivity index (χ1v) is 5.78. The van der Waals surface area contributed by atoms with Crippen LogP contribution < -0.4 is 14.2 Å². The van der Waals surface area contributed by atoms with Crippen LogP contribution in [0.25, 0.3) is 0 Å². The Balaban J connectivity index is 2.47. The summed E-state index contributed by atoms with van der Waals surface area (Å²) in [5, 5.41) is 9.01. The molecule has 0 heterocycles. The molecule has 0 spiro atoms. The van der Waals surface area contributed by atoms with Gasteiger partial charge in [-0.05, 0) is 30.3 Å². The zero-order valence-electron chi connectivity index (χ0n) is 11.0. The number of methoxy groups -OCH3 is 2. The molecular weight excluding hydrogens is 261 g/mol. The highest BCUT2D eigenvalue weighted by atomic mass is 19.1. The summed E-state index contributed by atoms with van der Waals surface area (Å²) in [7, 11) is 3.00. The van der Waals surface area contributed by atoms with Gasteiger partial charge in [-0.25, -0.2) is 4.39 Å². The number of hydrogen-bond donors (Lipinski definition) is 0. The topological polar surface area (TPSA) is 51.5 Å². The van der Waals surface area contributed by atoms with E-state index in [0.717, 1.165) is 6.07 Å². The lowest BCUT2D eigenvalue weighted by molar-refractivity contribution is 0.346. The maximum atomic E-state index is 13.1. The van der Waals surface area contributed by atoms with E-state index in [4.69, 9.17) is 19.5 Å². The second kappa shape index (κ2) is 5.93. The largest absolute Gasteiger partial charge is 0.493 e. The van der Waals surface area contributed by atoms with Gasteiger partial charge >= 0.3 is 0 Å². The minimum atomic E-state index is -0.499. The third kappa shape index (κ3) is 2.64. The molecule has 0 saturated carbocycles. The number of hydrogen-bond acceptors (Lipinski definition) is 4. The lowest BCUT2D eigenvalue weighted by Crippen LogP contribution is -1.96. The number of rotatable bonds is 4. The van der Waals surface area contributed by atoms with E-state index >= 15 is 0 Å². The van der Waals surface area contributed by atoms with E-state index in [9.17, 15) is 4.39 Å². The molecule has 0 radical (unpaired) electrons. The molecule has 102 valence electrons. The van der Waals surface area contributed by atoms with Gasteiger partial charge in [-0.15, -0.1) is 0 Å². The predicted octanol–water partition coefficient (Wildman–Crippen LogP) is 3.51. The molecule has 0 unspecified atom stereocenters. The van der Waals surface area contributed by atoms with Crippen LogP contribution in [0.1, 0.15) is 5.56 Å². The van der Waals surface area contributed by atoms with Crippen molar-refractivity contribution in [1.82, 2.24) is 0 Å². The van der Waals surface area contributed by atoms with Gasteiger partial charge in [0.1, 0.15) is 17.6 Å². The maximum Gasteiger partial charge on any atom is 0.211 e. The Bertz CT molecular complexity index is 642. The van der Waals surface area contributed by atoms with E-state index in [-0.39, 0.29) is 11.3 Å². The van der Waals surface area contributed by atoms with Gasteiger partial charge in [0.15, 0.2) is 11.5 Å². The minimum absolute atomic E-state index is 0.0953. The smallest absolute Gasteiger partial charge is 0.211 e. The molecule has 0 aromatic heterocycles. The van der Waals surface area contributed by atoms with Gasteiger partial charge in [0.2, 0.25) is 5.75 Å². The third-order valence-corrected chi connectivity index (χ3v) is 2.66. The van der Waals surface area contributed by atoms with Crippen LogP contribution in [0.5, 0.6) is 23.0 Å². The quantitative estimate of drug-likeness (QED) is 0.855. The van der Waals surface area contributed by atoms with E-state index in [1.807, 2.05) is 6.07 Å². The second-order valence-electron chi connectivity index (χ2n) is 3.85. The lowest BCUT2D eigenvalue weighted by Gasteiger charge is -2.14. The van der Waals surface area contributed by atoms with Gasteiger partial charge in [-0.1, -0.05) is 6.07 Å². The SMILES string of the molecule is COc1cccc(OC)c1Oc1ccc(F)cc1C#N. The van der Waals surface area contributed by atoms with E-state index in [1.165, 1.54) is 26.4 Å². The summed E-state index contributed by atoms with van der Waals surface area (Å²) >= 11 is 0. The molecule has 0 saturated heterocycles. The molecule has 5 heteroatoms. The van der Waals surface area contributed by atoms with Gasteiger partial charge in [-0.2, -0.15) is 5.26 Å². The van der Waals surface area contributed by atoms with E-state index in [2.05, 4.69) is 0 Å². The van der Waals surface area contributed by atoms with Crippen molar-refractivity contribution in [2.75, 3.05) is 14.2 Å². The van der Waals surface area contributed by atoms with Gasteiger partial charge < -0.3 is 14.2 Å². The molecule has 0 atom stereocenters. The van der Waals surface area contributed by atoms with Crippen LogP contribution in [0.15, 0.2) is 36.4 Å². The zero-order chi connectivity index (χ0) is 14.5. The molecule has 0 N–H and O–H groups in total. The van der Waals surface area contributed by atoms with Gasteiger partial charge in [0, 0.05) is 0 Å². The summed E-state index contributed by atoms with van der Waals surface area (Å²) < 4.78 is 29.2. The Morgan fingerprint density at radius 3 is 2.20 bits per heavy atom. The van der Waals surface area contributed by atoms with Crippen molar-refractivity contribution < 1.29 is 18.6 Å². The second-order valence-corrected chi connectivity index (χ2v) is 3.85. The highest BCUT2D eigenvalue weighted by Crippen LogP contribution is 2.40. The Labute approximate surface area is 115 Å². The normalized spacial score (nSPS) is 9.70. The molecule has 4 nitrogen and oxygen atoms in total. The molecule has 20 heavy (non-hydrogen) atoms. The molecular formula is C15H12FNO3. The molecule has 2 aromatic carbocycles. The highest BCUT2D eigenvalue weighted by molar-refractivity contribution is 5.55. The standard InChI is InChI=1S/C15H12FNO3/c1-18-13-4-3-5-14(19-2)15(13)20-12-7-6-11(16)8-10(12)9-17/h3-8H,1-2H3. The lowest BCUT2D eigenvalue weighted by atomic mass is 10.2. The van der Waals surface area contributed by atoms with Crippen molar-refractivity contribution in [3.63, 3.8) is 0 Å². The Kier molecular flexibility index (Phi) is 4.06. The van der Waals surface area contributed by atoms with Crippen LogP contribution in [-0.4, -0.2) is 14.2 Å². The average molecular weight is 273 g/mol. The fourth-order valence-electron chi connectivity index (χ4n) is 1.71. The summed E-state index contributed by atoms with van der Waals surface area (Å²) in [6, 6.07) is 10.8. The predicted molar refractivity (Wildman–Crippen MR) is 70.7 cm³/mol. The van der Waals surface area contributed by atoms with E-state index in [0.29, 0.717) is 17.2 Å². The van der Waals surface area contributed by atoms with Gasteiger partial charge in [0.05, 0.1) is 19.8 Å². The Morgan fingerprint density at radius 1 is 1.00 bits per heavy atom. The van der Waals surface area contributed by atoms with Crippen molar-refractivity contribution in [2.24, 2.45) is 0 Å². The minimum Gasteiger partial charge on any atom is -0.493 e. The number of nitrogens with zero attached hydrogens (tertiary/aromatic N) is 1. The molecule has 0 bridgehead atoms. The molecule has 2 rings (SSSR count). The summed E-state index contributed by atoms with van der Waals surface area (Å²) in [5.41, 5.74) is 0.0953. The molecule has 0 fully saturated rings. The first-order valence-electron chi connectivity index (χ1n) is 5.78. The summed E-state index contributed by atoms with van der Waals surface area (Å²) in [5.74, 6) is 0.980. The number of para-hydroxylation sites is 1. The Morgan fingerprint density at radius 2 is 1.65 bits per heavy atom.